The number of esters is 1. The predicted octanol–water partition coefficient (Wildman–Crippen LogP) is 3.57. The normalized spacial score (nSPS) is 24.6. The number of carbonyl (C=O) groups is 2. The van der Waals surface area contributed by atoms with Crippen molar-refractivity contribution >= 4 is 19.5 Å². The lowest BCUT2D eigenvalue weighted by molar-refractivity contribution is -0.146. The zero-order valence-corrected chi connectivity index (χ0v) is 19.5. The van der Waals surface area contributed by atoms with E-state index >= 15 is 0 Å². The SMILES string of the molecule is C[C@H](NP(=O)(OC[C@H]1C(=O)C2CCN1CC2)Oc1ccccc1)C(=O)OCc1ccccc1. The second-order valence-electron chi connectivity index (χ2n) is 8.37. The molecule has 176 valence electrons. The number of hydrogen-bond donors (Lipinski definition) is 1. The first kappa shape index (κ1) is 23.6. The number of piperidine rings is 3. The Labute approximate surface area is 193 Å². The third-order valence-electron chi connectivity index (χ3n) is 6.00. The van der Waals surface area contributed by atoms with Crippen molar-refractivity contribution in [3.63, 3.8) is 0 Å². The summed E-state index contributed by atoms with van der Waals surface area (Å²) in [6.45, 7) is 3.21. The lowest BCUT2D eigenvalue weighted by Gasteiger charge is -2.43. The summed E-state index contributed by atoms with van der Waals surface area (Å²) < 4.78 is 30.4. The quantitative estimate of drug-likeness (QED) is 0.414. The molecule has 1 N–H and O–H groups in total. The number of ether oxygens (including phenoxy) is 1. The molecule has 2 aromatic rings. The molecular formula is C24H29N2O6P. The van der Waals surface area contributed by atoms with E-state index in [1.807, 2.05) is 30.3 Å². The van der Waals surface area contributed by atoms with Crippen LogP contribution >= 0.6 is 7.75 Å². The Morgan fingerprint density at radius 2 is 1.73 bits per heavy atom. The van der Waals surface area contributed by atoms with Gasteiger partial charge in [-0.05, 0) is 50.6 Å². The van der Waals surface area contributed by atoms with Crippen LogP contribution in [0.2, 0.25) is 0 Å². The molecule has 9 heteroatoms. The molecule has 3 fully saturated rings. The third kappa shape index (κ3) is 6.09. The fourth-order valence-corrected chi connectivity index (χ4v) is 5.65. The van der Waals surface area contributed by atoms with E-state index in [9.17, 15) is 14.2 Å². The van der Waals surface area contributed by atoms with E-state index in [1.54, 1.807) is 30.3 Å². The molecule has 3 atom stereocenters. The van der Waals surface area contributed by atoms with Gasteiger partial charge in [-0.1, -0.05) is 48.5 Å². The maximum Gasteiger partial charge on any atom is 0.459 e. The van der Waals surface area contributed by atoms with E-state index in [4.69, 9.17) is 13.8 Å². The van der Waals surface area contributed by atoms with Crippen molar-refractivity contribution in [2.75, 3.05) is 19.7 Å². The average Bonchev–Trinajstić information content (AvgIpc) is 2.84. The molecule has 0 amide bonds. The molecule has 0 aromatic heterocycles. The van der Waals surface area contributed by atoms with E-state index in [1.165, 1.54) is 6.92 Å². The van der Waals surface area contributed by atoms with Gasteiger partial charge in [0, 0.05) is 5.92 Å². The second kappa shape index (κ2) is 10.6. The molecule has 0 saturated carbocycles. The summed E-state index contributed by atoms with van der Waals surface area (Å²) in [5, 5.41) is 2.68. The highest BCUT2D eigenvalue weighted by molar-refractivity contribution is 7.52. The molecule has 3 heterocycles. The maximum absolute atomic E-state index is 13.6. The highest BCUT2D eigenvalue weighted by Crippen LogP contribution is 2.45. The number of rotatable bonds is 10. The lowest BCUT2D eigenvalue weighted by atomic mass is 9.82. The van der Waals surface area contributed by atoms with Gasteiger partial charge in [0.2, 0.25) is 0 Å². The smallest absolute Gasteiger partial charge is 0.459 e. The number of nitrogens with one attached hydrogen (secondary N) is 1. The fraction of sp³-hybridized carbons (Fsp3) is 0.417. The van der Waals surface area contributed by atoms with Crippen molar-refractivity contribution in [2.45, 2.75) is 38.5 Å². The molecule has 33 heavy (non-hydrogen) atoms. The Kier molecular flexibility index (Phi) is 7.60. The largest absolute Gasteiger partial charge is 0.460 e. The molecule has 1 unspecified atom stereocenters. The van der Waals surface area contributed by atoms with Crippen LogP contribution in [0.1, 0.15) is 25.3 Å². The molecule has 0 aliphatic carbocycles. The minimum absolute atomic E-state index is 0.0397. The monoisotopic (exact) mass is 472 g/mol. The van der Waals surface area contributed by atoms with E-state index < -0.39 is 25.8 Å². The lowest BCUT2D eigenvalue weighted by Crippen LogP contribution is -2.57. The Bertz CT molecular complexity index is 995. The Hall–Kier alpha value is -2.51. The third-order valence-corrected chi connectivity index (χ3v) is 7.65. The van der Waals surface area contributed by atoms with Crippen LogP contribution in [0.15, 0.2) is 60.7 Å². The number of hydrogen-bond acceptors (Lipinski definition) is 7. The van der Waals surface area contributed by atoms with Gasteiger partial charge in [-0.2, -0.15) is 5.09 Å². The highest BCUT2D eigenvalue weighted by atomic mass is 31.2. The van der Waals surface area contributed by atoms with Crippen molar-refractivity contribution in [3.8, 4) is 5.75 Å². The van der Waals surface area contributed by atoms with E-state index in [0.29, 0.717) is 5.75 Å². The summed E-state index contributed by atoms with van der Waals surface area (Å²) in [6.07, 6.45) is 1.71. The standard InChI is InChI=1S/C24H29N2O6P/c1-18(24(28)30-16-19-8-4-2-5-9-19)25-33(29,32-21-10-6-3-7-11-21)31-17-22-23(27)20-12-14-26(22)15-13-20/h2-11,18,20,22H,12-17H2,1H3,(H,25,29)/t18-,22-,33?/m0/s1. The van der Waals surface area contributed by atoms with Crippen LogP contribution in [0, 0.1) is 5.92 Å². The molecule has 3 aliphatic heterocycles. The van der Waals surface area contributed by atoms with Crippen LogP contribution in [0.25, 0.3) is 0 Å². The summed E-state index contributed by atoms with van der Waals surface area (Å²) in [5.41, 5.74) is 0.845. The number of ketones is 1. The molecular weight excluding hydrogens is 443 g/mol. The molecule has 0 radical (unpaired) electrons. The van der Waals surface area contributed by atoms with Gasteiger partial charge in [0.1, 0.15) is 18.4 Å². The van der Waals surface area contributed by atoms with Gasteiger partial charge < -0.3 is 9.26 Å². The van der Waals surface area contributed by atoms with Gasteiger partial charge in [0.15, 0.2) is 5.78 Å². The number of benzene rings is 2. The van der Waals surface area contributed by atoms with Crippen molar-refractivity contribution < 1.29 is 27.9 Å². The van der Waals surface area contributed by atoms with Gasteiger partial charge in [0.05, 0.1) is 12.6 Å². The van der Waals surface area contributed by atoms with Gasteiger partial charge in [-0.15, -0.1) is 0 Å². The molecule has 5 rings (SSSR count). The topological polar surface area (TPSA) is 94.2 Å². The van der Waals surface area contributed by atoms with Crippen molar-refractivity contribution in [2.24, 2.45) is 5.92 Å². The minimum Gasteiger partial charge on any atom is -0.460 e. The summed E-state index contributed by atoms with van der Waals surface area (Å²) in [5.74, 6) is -0.0992. The molecule has 2 bridgehead atoms. The molecule has 8 nitrogen and oxygen atoms in total. The summed E-state index contributed by atoms with van der Waals surface area (Å²) >= 11 is 0. The number of fused-ring (bicyclic) bond motifs is 3. The number of Topliss-reactive ketones (excluding diaryl/α,β-unsaturated/α-hetero) is 1. The van der Waals surface area contributed by atoms with Gasteiger partial charge in [-0.25, -0.2) is 4.57 Å². The number of nitrogens with zero attached hydrogens (tertiary/aromatic N) is 1. The zero-order valence-electron chi connectivity index (χ0n) is 18.6. The van der Waals surface area contributed by atoms with Crippen LogP contribution in [0.4, 0.5) is 0 Å². The zero-order chi connectivity index (χ0) is 23.3. The molecule has 2 aromatic carbocycles. The summed E-state index contributed by atoms with van der Waals surface area (Å²) in [6, 6.07) is 16.5. The second-order valence-corrected chi connectivity index (χ2v) is 10.1. The highest BCUT2D eigenvalue weighted by Gasteiger charge is 2.43. The van der Waals surface area contributed by atoms with Crippen molar-refractivity contribution in [1.29, 1.82) is 0 Å². The first-order valence-corrected chi connectivity index (χ1v) is 12.7. The first-order valence-electron chi connectivity index (χ1n) is 11.2. The molecule has 3 saturated heterocycles. The van der Waals surface area contributed by atoms with Gasteiger partial charge in [-0.3, -0.25) is 19.0 Å². The first-order chi connectivity index (χ1) is 15.9. The van der Waals surface area contributed by atoms with E-state index in [0.717, 1.165) is 31.5 Å². The van der Waals surface area contributed by atoms with Crippen LogP contribution in [0.5, 0.6) is 5.75 Å². The van der Waals surface area contributed by atoms with Crippen LogP contribution < -0.4 is 9.61 Å². The molecule has 0 spiro atoms. The van der Waals surface area contributed by atoms with Crippen LogP contribution in [-0.4, -0.2) is 48.4 Å². The fourth-order valence-electron chi connectivity index (χ4n) is 4.16. The van der Waals surface area contributed by atoms with Crippen molar-refractivity contribution in [1.82, 2.24) is 9.99 Å². The van der Waals surface area contributed by atoms with Gasteiger partial charge >= 0.3 is 13.7 Å². The Balaban J connectivity index is 1.41. The average molecular weight is 472 g/mol. The van der Waals surface area contributed by atoms with E-state index in [2.05, 4.69) is 9.99 Å². The van der Waals surface area contributed by atoms with Crippen LogP contribution in [-0.2, 0) is 30.0 Å². The van der Waals surface area contributed by atoms with Crippen molar-refractivity contribution in [3.05, 3.63) is 66.2 Å². The number of para-hydroxylation sites is 1. The van der Waals surface area contributed by atoms with Crippen LogP contribution in [0.3, 0.4) is 0 Å². The molecule has 3 aliphatic rings. The predicted molar refractivity (Wildman–Crippen MR) is 123 cm³/mol. The minimum atomic E-state index is -3.99. The Morgan fingerprint density at radius 3 is 2.36 bits per heavy atom. The van der Waals surface area contributed by atoms with Gasteiger partial charge in [0.25, 0.3) is 0 Å². The maximum atomic E-state index is 13.6. The summed E-state index contributed by atoms with van der Waals surface area (Å²) in [4.78, 5) is 27.3. The van der Waals surface area contributed by atoms with E-state index in [-0.39, 0.29) is 24.9 Å². The number of carbonyl (C=O) groups excluding carboxylic acids is 2. The Morgan fingerprint density at radius 1 is 1.09 bits per heavy atom. The summed E-state index contributed by atoms with van der Waals surface area (Å²) in [7, 11) is -3.99.